The second-order valence-corrected chi connectivity index (χ2v) is 4.36. The fourth-order valence-corrected chi connectivity index (χ4v) is 2.07. The number of nitrogens with two attached hydrogens (primary N) is 1. The molecule has 2 aromatic carbocycles. The zero-order valence-corrected chi connectivity index (χ0v) is 10.9. The Morgan fingerprint density at radius 3 is 2.42 bits per heavy atom. The van der Waals surface area contributed by atoms with Crippen LogP contribution in [0.4, 0.5) is 0 Å². The molecule has 0 radical (unpaired) electrons. The maximum Gasteiger partial charge on any atom is 0.322 e. The van der Waals surface area contributed by atoms with Gasteiger partial charge in [-0.1, -0.05) is 54.6 Å². The van der Waals surface area contributed by atoms with Crippen LogP contribution in [0.1, 0.15) is 5.56 Å². The van der Waals surface area contributed by atoms with Crippen molar-refractivity contribution in [3.63, 3.8) is 0 Å². The molecule has 0 saturated heterocycles. The van der Waals surface area contributed by atoms with E-state index in [9.17, 15) is 4.79 Å². The number of carbonyl (C=O) groups is 1. The van der Waals surface area contributed by atoms with E-state index in [1.807, 2.05) is 54.6 Å². The van der Waals surface area contributed by atoms with E-state index in [1.165, 1.54) is 7.11 Å². The Labute approximate surface area is 113 Å². The molecule has 0 aromatic heterocycles. The summed E-state index contributed by atoms with van der Waals surface area (Å²) >= 11 is 0. The molecule has 0 fully saturated rings. The highest BCUT2D eigenvalue weighted by atomic mass is 16.5. The predicted octanol–water partition coefficient (Wildman–Crippen LogP) is 2.40. The van der Waals surface area contributed by atoms with Crippen molar-refractivity contribution in [1.29, 1.82) is 0 Å². The molecule has 0 aliphatic carbocycles. The Kier molecular flexibility index (Phi) is 4.31. The summed E-state index contributed by atoms with van der Waals surface area (Å²) in [4.78, 5) is 11.4. The van der Waals surface area contributed by atoms with Gasteiger partial charge in [-0.15, -0.1) is 0 Å². The van der Waals surface area contributed by atoms with E-state index >= 15 is 0 Å². The van der Waals surface area contributed by atoms with Crippen LogP contribution in [-0.2, 0) is 16.0 Å². The first kappa shape index (κ1) is 13.3. The highest BCUT2D eigenvalue weighted by Crippen LogP contribution is 2.24. The fraction of sp³-hybridized carbons (Fsp3) is 0.188. The molecule has 3 nitrogen and oxygen atoms in total. The SMILES string of the molecule is COC(=O)[C@@H](N)Cc1ccccc1-c1ccccc1. The van der Waals surface area contributed by atoms with Crippen molar-refractivity contribution in [2.24, 2.45) is 5.73 Å². The molecule has 0 aliphatic heterocycles. The summed E-state index contributed by atoms with van der Waals surface area (Å²) in [5.41, 5.74) is 9.10. The van der Waals surface area contributed by atoms with Crippen molar-refractivity contribution in [3.05, 3.63) is 60.2 Å². The molecule has 2 rings (SSSR count). The number of benzene rings is 2. The quantitative estimate of drug-likeness (QED) is 0.853. The minimum Gasteiger partial charge on any atom is -0.468 e. The lowest BCUT2D eigenvalue weighted by Gasteiger charge is -2.13. The minimum absolute atomic E-state index is 0.386. The molecule has 19 heavy (non-hydrogen) atoms. The van der Waals surface area contributed by atoms with Gasteiger partial charge in [-0.25, -0.2) is 0 Å². The molecule has 0 spiro atoms. The van der Waals surface area contributed by atoms with Gasteiger partial charge in [0, 0.05) is 0 Å². The standard InChI is InChI=1S/C16H17NO2/c1-19-16(18)15(17)11-13-9-5-6-10-14(13)12-7-3-2-4-8-12/h2-10,15H,11,17H2,1H3/t15-/m0/s1. The zero-order chi connectivity index (χ0) is 13.7. The molecule has 2 N–H and O–H groups in total. The molecular weight excluding hydrogens is 238 g/mol. The monoisotopic (exact) mass is 255 g/mol. The van der Waals surface area contributed by atoms with Crippen LogP contribution < -0.4 is 5.73 Å². The van der Waals surface area contributed by atoms with E-state index in [0.29, 0.717) is 6.42 Å². The van der Waals surface area contributed by atoms with Gasteiger partial charge in [0.05, 0.1) is 7.11 Å². The van der Waals surface area contributed by atoms with Gasteiger partial charge in [0.2, 0.25) is 0 Å². The molecule has 0 saturated carbocycles. The zero-order valence-electron chi connectivity index (χ0n) is 10.9. The summed E-state index contributed by atoms with van der Waals surface area (Å²) in [6, 6.07) is 17.4. The first-order valence-electron chi connectivity index (χ1n) is 6.19. The van der Waals surface area contributed by atoms with Crippen LogP contribution in [0.3, 0.4) is 0 Å². The van der Waals surface area contributed by atoms with Gasteiger partial charge in [-0.05, 0) is 23.1 Å². The summed E-state index contributed by atoms with van der Waals surface area (Å²) in [6.07, 6.45) is 0.470. The number of methoxy groups -OCH3 is 1. The van der Waals surface area contributed by atoms with E-state index in [0.717, 1.165) is 16.7 Å². The average molecular weight is 255 g/mol. The Bertz CT molecular complexity index is 552. The van der Waals surface area contributed by atoms with E-state index in [-0.39, 0.29) is 5.97 Å². The third kappa shape index (κ3) is 3.20. The molecule has 0 aliphatic rings. The predicted molar refractivity (Wildman–Crippen MR) is 75.6 cm³/mol. The largest absolute Gasteiger partial charge is 0.468 e. The molecular formula is C16H17NO2. The normalized spacial score (nSPS) is 11.9. The molecule has 0 unspecified atom stereocenters. The minimum atomic E-state index is -0.630. The van der Waals surface area contributed by atoms with Gasteiger partial charge >= 0.3 is 5.97 Å². The van der Waals surface area contributed by atoms with Gasteiger partial charge < -0.3 is 10.5 Å². The van der Waals surface area contributed by atoms with Gasteiger partial charge in [0.15, 0.2) is 0 Å². The first-order valence-corrected chi connectivity index (χ1v) is 6.19. The molecule has 0 bridgehead atoms. The van der Waals surface area contributed by atoms with E-state index in [4.69, 9.17) is 5.73 Å². The average Bonchev–Trinajstić information content (AvgIpc) is 2.47. The third-order valence-electron chi connectivity index (χ3n) is 3.05. The van der Waals surface area contributed by atoms with Crippen LogP contribution in [0.5, 0.6) is 0 Å². The highest BCUT2D eigenvalue weighted by Gasteiger charge is 2.16. The van der Waals surface area contributed by atoms with Gasteiger partial charge in [-0.2, -0.15) is 0 Å². The number of ether oxygens (including phenoxy) is 1. The Morgan fingerprint density at radius 1 is 1.11 bits per heavy atom. The summed E-state index contributed by atoms with van der Waals surface area (Å²) in [6.45, 7) is 0. The van der Waals surface area contributed by atoms with E-state index in [1.54, 1.807) is 0 Å². The lowest BCUT2D eigenvalue weighted by Crippen LogP contribution is -2.33. The van der Waals surface area contributed by atoms with Crippen LogP contribution in [0, 0.1) is 0 Å². The molecule has 98 valence electrons. The molecule has 0 heterocycles. The summed E-state index contributed by atoms with van der Waals surface area (Å²) in [5.74, 6) is -0.386. The molecule has 2 aromatic rings. The lowest BCUT2D eigenvalue weighted by molar-refractivity contribution is -0.142. The van der Waals surface area contributed by atoms with Crippen molar-refractivity contribution < 1.29 is 9.53 Å². The van der Waals surface area contributed by atoms with Crippen LogP contribution in [-0.4, -0.2) is 19.1 Å². The summed E-state index contributed by atoms with van der Waals surface area (Å²) in [7, 11) is 1.35. The Morgan fingerprint density at radius 2 is 1.74 bits per heavy atom. The maximum atomic E-state index is 11.4. The van der Waals surface area contributed by atoms with Crippen molar-refractivity contribution in [1.82, 2.24) is 0 Å². The molecule has 0 amide bonds. The molecule has 1 atom stereocenters. The first-order chi connectivity index (χ1) is 9.22. The Balaban J connectivity index is 2.30. The van der Waals surface area contributed by atoms with Gasteiger partial charge in [0.25, 0.3) is 0 Å². The molecule has 3 heteroatoms. The van der Waals surface area contributed by atoms with Crippen molar-refractivity contribution in [2.75, 3.05) is 7.11 Å². The third-order valence-corrected chi connectivity index (χ3v) is 3.05. The van der Waals surface area contributed by atoms with Gasteiger partial charge in [-0.3, -0.25) is 4.79 Å². The number of hydrogen-bond acceptors (Lipinski definition) is 3. The number of rotatable bonds is 4. The van der Waals surface area contributed by atoms with E-state index < -0.39 is 6.04 Å². The van der Waals surface area contributed by atoms with Crippen molar-refractivity contribution in [2.45, 2.75) is 12.5 Å². The van der Waals surface area contributed by atoms with Gasteiger partial charge in [0.1, 0.15) is 6.04 Å². The van der Waals surface area contributed by atoms with Crippen molar-refractivity contribution >= 4 is 5.97 Å². The fourth-order valence-electron chi connectivity index (χ4n) is 2.07. The number of hydrogen-bond donors (Lipinski definition) is 1. The number of esters is 1. The topological polar surface area (TPSA) is 52.3 Å². The smallest absolute Gasteiger partial charge is 0.322 e. The van der Waals surface area contributed by atoms with Crippen molar-refractivity contribution in [3.8, 4) is 11.1 Å². The van der Waals surface area contributed by atoms with E-state index in [2.05, 4.69) is 4.74 Å². The Hall–Kier alpha value is -2.13. The second-order valence-electron chi connectivity index (χ2n) is 4.36. The summed E-state index contributed by atoms with van der Waals surface area (Å²) < 4.78 is 4.67. The van der Waals surface area contributed by atoms with Crippen LogP contribution in [0.15, 0.2) is 54.6 Å². The highest BCUT2D eigenvalue weighted by molar-refractivity contribution is 5.77. The second kappa shape index (κ2) is 6.16. The number of carbonyl (C=O) groups excluding carboxylic acids is 1. The maximum absolute atomic E-state index is 11.4. The summed E-state index contributed by atoms with van der Waals surface area (Å²) in [5, 5.41) is 0. The van der Waals surface area contributed by atoms with Crippen LogP contribution in [0.2, 0.25) is 0 Å². The lowest BCUT2D eigenvalue weighted by atomic mass is 9.95. The van der Waals surface area contributed by atoms with Crippen LogP contribution >= 0.6 is 0 Å². The van der Waals surface area contributed by atoms with Crippen LogP contribution in [0.25, 0.3) is 11.1 Å².